The first-order valence-corrected chi connectivity index (χ1v) is 7.76. The van der Waals surface area contributed by atoms with E-state index in [0.29, 0.717) is 6.42 Å². The zero-order chi connectivity index (χ0) is 17.8. The van der Waals surface area contributed by atoms with Crippen molar-refractivity contribution in [2.45, 2.75) is 66.0 Å². The molecule has 0 fully saturated rings. The lowest BCUT2D eigenvalue weighted by Gasteiger charge is -2.24. The van der Waals surface area contributed by atoms with Gasteiger partial charge in [-0.25, -0.2) is 4.79 Å². The lowest BCUT2D eigenvalue weighted by Crippen LogP contribution is -2.41. The largest absolute Gasteiger partial charge is 0.481 e. The van der Waals surface area contributed by atoms with Crippen LogP contribution in [0.15, 0.2) is 12.1 Å². The number of aliphatic carboxylic acids is 1. The number of hydrogen-bond acceptors (Lipinski definition) is 3. The van der Waals surface area contributed by atoms with Gasteiger partial charge in [-0.1, -0.05) is 17.7 Å². The smallest absolute Gasteiger partial charge is 0.407 e. The summed E-state index contributed by atoms with van der Waals surface area (Å²) in [6, 6.07) is 3.61. The summed E-state index contributed by atoms with van der Waals surface area (Å²) in [7, 11) is 0. The van der Waals surface area contributed by atoms with Gasteiger partial charge < -0.3 is 15.2 Å². The normalized spacial score (nSPS) is 12.6. The average molecular weight is 321 g/mol. The van der Waals surface area contributed by atoms with Crippen molar-refractivity contribution in [2.75, 3.05) is 0 Å². The van der Waals surface area contributed by atoms with Gasteiger partial charge in [-0.05, 0) is 64.7 Å². The number of benzene rings is 1. The van der Waals surface area contributed by atoms with E-state index in [0.717, 1.165) is 16.7 Å². The molecule has 1 unspecified atom stereocenters. The van der Waals surface area contributed by atoms with Gasteiger partial charge in [0.05, 0.1) is 6.42 Å². The number of carbonyl (C=O) groups excluding carboxylic acids is 1. The van der Waals surface area contributed by atoms with Gasteiger partial charge in [0.25, 0.3) is 0 Å². The van der Waals surface area contributed by atoms with Crippen molar-refractivity contribution in [2.24, 2.45) is 0 Å². The number of aryl methyl sites for hydroxylation is 3. The summed E-state index contributed by atoms with van der Waals surface area (Å²) in [5.41, 5.74) is 3.82. The highest BCUT2D eigenvalue weighted by atomic mass is 16.6. The van der Waals surface area contributed by atoms with E-state index in [1.54, 1.807) is 20.8 Å². The minimum absolute atomic E-state index is 0.147. The van der Waals surface area contributed by atoms with E-state index < -0.39 is 23.7 Å². The minimum Gasteiger partial charge on any atom is -0.481 e. The molecule has 1 rings (SSSR count). The summed E-state index contributed by atoms with van der Waals surface area (Å²) < 4.78 is 5.22. The van der Waals surface area contributed by atoms with Crippen molar-refractivity contribution in [3.8, 4) is 0 Å². The Labute approximate surface area is 138 Å². The molecule has 0 radical (unpaired) electrons. The van der Waals surface area contributed by atoms with Crippen LogP contribution in [0.2, 0.25) is 0 Å². The van der Waals surface area contributed by atoms with Crippen molar-refractivity contribution < 1.29 is 19.4 Å². The molecule has 0 aliphatic rings. The highest BCUT2D eigenvalue weighted by Crippen LogP contribution is 2.19. The number of carboxylic acids is 1. The average Bonchev–Trinajstić information content (AvgIpc) is 2.29. The van der Waals surface area contributed by atoms with Gasteiger partial charge in [-0.15, -0.1) is 0 Å². The third-order valence-corrected chi connectivity index (χ3v) is 3.43. The molecule has 0 aliphatic heterocycles. The first-order valence-electron chi connectivity index (χ1n) is 7.76. The molecule has 0 heterocycles. The third-order valence-electron chi connectivity index (χ3n) is 3.43. The Balaban J connectivity index is 2.91. The Bertz CT molecular complexity index is 564. The van der Waals surface area contributed by atoms with Crippen LogP contribution in [0.5, 0.6) is 0 Å². The van der Waals surface area contributed by atoms with Crippen molar-refractivity contribution in [3.05, 3.63) is 34.4 Å². The van der Waals surface area contributed by atoms with Crippen molar-refractivity contribution in [1.29, 1.82) is 0 Å². The van der Waals surface area contributed by atoms with E-state index in [4.69, 9.17) is 9.84 Å². The van der Waals surface area contributed by atoms with E-state index >= 15 is 0 Å². The molecular weight excluding hydrogens is 294 g/mol. The van der Waals surface area contributed by atoms with E-state index in [2.05, 4.69) is 17.4 Å². The van der Waals surface area contributed by atoms with Crippen LogP contribution in [-0.4, -0.2) is 28.8 Å². The van der Waals surface area contributed by atoms with Crippen LogP contribution in [-0.2, 0) is 16.0 Å². The number of nitrogens with one attached hydrogen (secondary N) is 1. The van der Waals surface area contributed by atoms with Gasteiger partial charge in [-0.2, -0.15) is 0 Å². The fourth-order valence-corrected chi connectivity index (χ4v) is 2.64. The van der Waals surface area contributed by atoms with Crippen LogP contribution in [0.1, 0.15) is 49.4 Å². The van der Waals surface area contributed by atoms with Crippen molar-refractivity contribution in [3.63, 3.8) is 0 Å². The molecule has 0 saturated heterocycles. The van der Waals surface area contributed by atoms with E-state index in [1.807, 2.05) is 20.8 Å². The van der Waals surface area contributed by atoms with Crippen LogP contribution < -0.4 is 5.32 Å². The Kier molecular flexibility index (Phi) is 6.19. The number of ether oxygens (including phenoxy) is 1. The molecule has 1 amide bonds. The van der Waals surface area contributed by atoms with Gasteiger partial charge in [0.15, 0.2) is 0 Å². The summed E-state index contributed by atoms with van der Waals surface area (Å²) >= 11 is 0. The van der Waals surface area contributed by atoms with Crippen LogP contribution in [0.3, 0.4) is 0 Å². The molecule has 128 valence electrons. The van der Waals surface area contributed by atoms with E-state index in [9.17, 15) is 9.59 Å². The van der Waals surface area contributed by atoms with E-state index in [1.165, 1.54) is 5.56 Å². The summed E-state index contributed by atoms with van der Waals surface area (Å²) in [4.78, 5) is 23.0. The second kappa shape index (κ2) is 7.49. The second-order valence-electron chi connectivity index (χ2n) is 7.02. The van der Waals surface area contributed by atoms with Crippen LogP contribution in [0.4, 0.5) is 4.79 Å². The predicted molar refractivity (Wildman–Crippen MR) is 89.8 cm³/mol. The maximum absolute atomic E-state index is 11.9. The van der Waals surface area contributed by atoms with Crippen LogP contribution in [0.25, 0.3) is 0 Å². The number of carboxylic acid groups (broad SMARTS) is 1. The standard InChI is InChI=1S/C18H27NO4/c1-11-7-12(2)15(13(3)8-11)9-14(10-16(20)21)19-17(22)23-18(4,5)6/h7-8,14H,9-10H2,1-6H3,(H,19,22)(H,20,21). The summed E-state index contributed by atoms with van der Waals surface area (Å²) in [6.45, 7) is 11.3. The van der Waals surface area contributed by atoms with Crippen LogP contribution in [0, 0.1) is 20.8 Å². The Morgan fingerprint density at radius 3 is 2.13 bits per heavy atom. The molecule has 5 heteroatoms. The highest BCUT2D eigenvalue weighted by molar-refractivity contribution is 5.71. The molecule has 0 saturated carbocycles. The molecule has 1 aromatic carbocycles. The number of amides is 1. The van der Waals surface area contributed by atoms with Crippen molar-refractivity contribution >= 4 is 12.1 Å². The molecule has 0 bridgehead atoms. The zero-order valence-corrected chi connectivity index (χ0v) is 14.8. The zero-order valence-electron chi connectivity index (χ0n) is 14.8. The quantitative estimate of drug-likeness (QED) is 0.870. The van der Waals surface area contributed by atoms with Gasteiger partial charge >= 0.3 is 12.1 Å². The topological polar surface area (TPSA) is 75.6 Å². The molecule has 1 atom stereocenters. The monoisotopic (exact) mass is 321 g/mol. The molecule has 0 aliphatic carbocycles. The number of rotatable bonds is 5. The van der Waals surface area contributed by atoms with Gasteiger partial charge in [0, 0.05) is 6.04 Å². The van der Waals surface area contributed by atoms with Gasteiger partial charge in [0.2, 0.25) is 0 Å². The number of alkyl carbamates (subject to hydrolysis) is 1. The molecule has 2 N–H and O–H groups in total. The van der Waals surface area contributed by atoms with Crippen LogP contribution >= 0.6 is 0 Å². The summed E-state index contributed by atoms with van der Waals surface area (Å²) in [6.07, 6.45) is -0.277. The molecule has 0 spiro atoms. The molecule has 5 nitrogen and oxygen atoms in total. The Hall–Kier alpha value is -2.04. The number of carbonyl (C=O) groups is 2. The Morgan fingerprint density at radius 2 is 1.70 bits per heavy atom. The SMILES string of the molecule is Cc1cc(C)c(CC(CC(=O)O)NC(=O)OC(C)(C)C)c(C)c1. The Morgan fingerprint density at radius 1 is 1.17 bits per heavy atom. The highest BCUT2D eigenvalue weighted by Gasteiger charge is 2.22. The molecule has 23 heavy (non-hydrogen) atoms. The lowest BCUT2D eigenvalue weighted by atomic mass is 9.93. The molecule has 0 aromatic heterocycles. The van der Waals surface area contributed by atoms with Gasteiger partial charge in [-0.3, -0.25) is 4.79 Å². The number of hydrogen-bond donors (Lipinski definition) is 2. The second-order valence-corrected chi connectivity index (χ2v) is 7.02. The summed E-state index contributed by atoms with van der Waals surface area (Å²) in [5.74, 6) is -0.950. The van der Waals surface area contributed by atoms with E-state index in [-0.39, 0.29) is 6.42 Å². The fraction of sp³-hybridized carbons (Fsp3) is 0.556. The maximum atomic E-state index is 11.9. The maximum Gasteiger partial charge on any atom is 0.407 e. The first kappa shape index (κ1) is 19.0. The molecular formula is C18H27NO4. The lowest BCUT2D eigenvalue weighted by molar-refractivity contribution is -0.137. The minimum atomic E-state index is -0.950. The fourth-order valence-electron chi connectivity index (χ4n) is 2.64. The van der Waals surface area contributed by atoms with Gasteiger partial charge in [0.1, 0.15) is 5.60 Å². The molecule has 1 aromatic rings. The van der Waals surface area contributed by atoms with Crippen molar-refractivity contribution in [1.82, 2.24) is 5.32 Å². The first-order chi connectivity index (χ1) is 10.5. The predicted octanol–water partition coefficient (Wildman–Crippen LogP) is 3.52. The summed E-state index contributed by atoms with van der Waals surface area (Å²) in [5, 5.41) is 11.8. The third kappa shape index (κ3) is 6.72.